The zero-order chi connectivity index (χ0) is 14.4. The molecule has 0 unspecified atom stereocenters. The van der Waals surface area contributed by atoms with Gasteiger partial charge in [0.1, 0.15) is 0 Å². The molecule has 7 heteroatoms. The molecule has 108 valence electrons. The molecule has 6 nitrogen and oxygen atoms in total. The number of likely N-dealkylation sites (N-methyl/N-ethyl adjacent to an activating group) is 1. The highest BCUT2D eigenvalue weighted by Crippen LogP contribution is 2.09. The van der Waals surface area contributed by atoms with Gasteiger partial charge in [0.2, 0.25) is 0 Å². The molecule has 2 aromatic heterocycles. The summed E-state index contributed by atoms with van der Waals surface area (Å²) in [7, 11) is 0. The van der Waals surface area contributed by atoms with Gasteiger partial charge < -0.3 is 10.6 Å². The molecule has 1 atom stereocenters. The van der Waals surface area contributed by atoms with Crippen LogP contribution in [0.3, 0.4) is 0 Å². The Morgan fingerprint density at radius 1 is 1.55 bits per heavy atom. The van der Waals surface area contributed by atoms with E-state index in [0.29, 0.717) is 18.8 Å². The van der Waals surface area contributed by atoms with Crippen LogP contribution in [0.1, 0.15) is 29.2 Å². The largest absolute Gasteiger partial charge is 0.349 e. The van der Waals surface area contributed by atoms with Crippen LogP contribution in [0.4, 0.5) is 0 Å². The van der Waals surface area contributed by atoms with E-state index in [0.717, 1.165) is 6.54 Å². The van der Waals surface area contributed by atoms with Gasteiger partial charge in [0, 0.05) is 17.5 Å². The molecule has 20 heavy (non-hydrogen) atoms. The highest BCUT2D eigenvalue weighted by atomic mass is 32.1. The summed E-state index contributed by atoms with van der Waals surface area (Å²) in [6.45, 7) is 6.16. The van der Waals surface area contributed by atoms with Gasteiger partial charge in [-0.2, -0.15) is 0 Å². The quantitative estimate of drug-likeness (QED) is 0.802. The Balaban J connectivity index is 1.86. The van der Waals surface area contributed by atoms with Gasteiger partial charge in [-0.3, -0.25) is 4.79 Å². The number of nitrogens with one attached hydrogen (secondary N) is 2. The average molecular weight is 293 g/mol. The predicted molar refractivity (Wildman–Crippen MR) is 78.9 cm³/mol. The number of aromatic nitrogens is 3. The van der Waals surface area contributed by atoms with Crippen molar-refractivity contribution < 1.29 is 4.79 Å². The second-order valence-corrected chi connectivity index (χ2v) is 5.58. The van der Waals surface area contributed by atoms with Crippen LogP contribution in [-0.2, 0) is 6.54 Å². The molecule has 0 aromatic carbocycles. The van der Waals surface area contributed by atoms with Gasteiger partial charge in [-0.15, -0.1) is 16.4 Å². The lowest BCUT2D eigenvalue weighted by atomic mass is 10.3. The first-order valence-electron chi connectivity index (χ1n) is 6.63. The van der Waals surface area contributed by atoms with E-state index in [1.165, 1.54) is 4.88 Å². The van der Waals surface area contributed by atoms with Crippen LogP contribution in [0, 0.1) is 0 Å². The fourth-order valence-corrected chi connectivity index (χ4v) is 2.49. The van der Waals surface area contributed by atoms with Crippen molar-refractivity contribution in [1.29, 1.82) is 0 Å². The Hall–Kier alpha value is -1.73. The van der Waals surface area contributed by atoms with Crippen molar-refractivity contribution in [3.63, 3.8) is 0 Å². The summed E-state index contributed by atoms with van der Waals surface area (Å²) >= 11 is 1.66. The van der Waals surface area contributed by atoms with E-state index in [9.17, 15) is 4.79 Å². The van der Waals surface area contributed by atoms with Crippen molar-refractivity contribution in [2.75, 3.05) is 13.1 Å². The van der Waals surface area contributed by atoms with Gasteiger partial charge in [0.05, 0.1) is 12.7 Å². The van der Waals surface area contributed by atoms with Crippen LogP contribution in [0.2, 0.25) is 0 Å². The minimum Gasteiger partial charge on any atom is -0.349 e. The highest BCUT2D eigenvalue weighted by molar-refractivity contribution is 7.09. The molecule has 2 aromatic rings. The SMILES string of the molecule is CCN[C@H](C)CNC(=O)c1cn(Cc2cccs2)nn1. The predicted octanol–water partition coefficient (Wildman–Crippen LogP) is 1.12. The maximum atomic E-state index is 11.9. The molecule has 0 fully saturated rings. The van der Waals surface area contributed by atoms with E-state index >= 15 is 0 Å². The van der Waals surface area contributed by atoms with Gasteiger partial charge in [0.15, 0.2) is 5.69 Å². The van der Waals surface area contributed by atoms with Crippen molar-refractivity contribution in [2.24, 2.45) is 0 Å². The monoisotopic (exact) mass is 293 g/mol. The van der Waals surface area contributed by atoms with Crippen LogP contribution >= 0.6 is 11.3 Å². The summed E-state index contributed by atoms with van der Waals surface area (Å²) in [6.07, 6.45) is 1.67. The Morgan fingerprint density at radius 2 is 2.40 bits per heavy atom. The lowest BCUT2D eigenvalue weighted by molar-refractivity contribution is 0.0945. The van der Waals surface area contributed by atoms with Crippen LogP contribution in [0.25, 0.3) is 0 Å². The van der Waals surface area contributed by atoms with Crippen molar-refractivity contribution in [3.05, 3.63) is 34.3 Å². The molecule has 0 bridgehead atoms. The molecule has 0 radical (unpaired) electrons. The molecule has 0 saturated heterocycles. The van der Waals surface area contributed by atoms with E-state index < -0.39 is 0 Å². The number of amides is 1. The standard InChI is InChI=1S/C13H19N5OS/c1-3-14-10(2)7-15-13(19)12-9-18(17-16-12)8-11-5-4-6-20-11/h4-6,9-10,14H,3,7-8H2,1-2H3,(H,15,19)/t10-/m1/s1. The third-order valence-electron chi connectivity index (χ3n) is 2.79. The molecule has 0 spiro atoms. The van der Waals surface area contributed by atoms with Gasteiger partial charge in [-0.05, 0) is 24.9 Å². The molecule has 2 N–H and O–H groups in total. The van der Waals surface area contributed by atoms with Crippen molar-refractivity contribution >= 4 is 17.2 Å². The number of rotatable bonds is 7. The molecule has 0 aliphatic rings. The summed E-state index contributed by atoms with van der Waals surface area (Å²) in [4.78, 5) is 13.1. The van der Waals surface area contributed by atoms with Gasteiger partial charge in [0.25, 0.3) is 5.91 Å². The molecule has 2 rings (SSSR count). The minimum atomic E-state index is -0.188. The van der Waals surface area contributed by atoms with Crippen LogP contribution in [-0.4, -0.2) is 40.0 Å². The number of hydrogen-bond acceptors (Lipinski definition) is 5. The van der Waals surface area contributed by atoms with Crippen LogP contribution < -0.4 is 10.6 Å². The van der Waals surface area contributed by atoms with Crippen LogP contribution in [0.5, 0.6) is 0 Å². The third-order valence-corrected chi connectivity index (χ3v) is 3.65. The van der Waals surface area contributed by atoms with Crippen LogP contribution in [0.15, 0.2) is 23.7 Å². The zero-order valence-corrected chi connectivity index (χ0v) is 12.5. The van der Waals surface area contributed by atoms with E-state index in [4.69, 9.17) is 0 Å². The lowest BCUT2D eigenvalue weighted by Gasteiger charge is -2.12. The van der Waals surface area contributed by atoms with Crippen molar-refractivity contribution in [1.82, 2.24) is 25.6 Å². The Morgan fingerprint density at radius 3 is 3.10 bits per heavy atom. The topological polar surface area (TPSA) is 71.8 Å². The van der Waals surface area contributed by atoms with Crippen molar-refractivity contribution in [3.8, 4) is 0 Å². The number of carbonyl (C=O) groups is 1. The van der Waals surface area contributed by atoms with E-state index in [1.807, 2.05) is 31.4 Å². The normalized spacial score (nSPS) is 12.3. The molecule has 0 aliphatic heterocycles. The first kappa shape index (κ1) is 14.7. The summed E-state index contributed by atoms with van der Waals surface area (Å²) in [5.74, 6) is -0.188. The molecule has 2 heterocycles. The second kappa shape index (κ2) is 7.16. The fourth-order valence-electron chi connectivity index (χ4n) is 1.80. The van der Waals surface area contributed by atoms with E-state index in [1.54, 1.807) is 22.2 Å². The van der Waals surface area contributed by atoms with Gasteiger partial charge in [-0.1, -0.05) is 18.2 Å². The summed E-state index contributed by atoms with van der Waals surface area (Å²) in [5.41, 5.74) is 0.352. The minimum absolute atomic E-state index is 0.188. The molecule has 0 aliphatic carbocycles. The number of nitrogens with zero attached hydrogens (tertiary/aromatic N) is 3. The van der Waals surface area contributed by atoms with Gasteiger partial charge in [-0.25, -0.2) is 4.68 Å². The highest BCUT2D eigenvalue weighted by Gasteiger charge is 2.11. The van der Waals surface area contributed by atoms with Gasteiger partial charge >= 0.3 is 0 Å². The Kier molecular flexibility index (Phi) is 5.25. The fraction of sp³-hybridized carbons (Fsp3) is 0.462. The second-order valence-electron chi connectivity index (χ2n) is 4.55. The summed E-state index contributed by atoms with van der Waals surface area (Å²) < 4.78 is 1.68. The number of carbonyl (C=O) groups excluding carboxylic acids is 1. The molecular formula is C13H19N5OS. The summed E-state index contributed by atoms with van der Waals surface area (Å²) in [5, 5.41) is 16.0. The molecule has 0 saturated carbocycles. The Labute approximate surface area is 122 Å². The molecule has 1 amide bonds. The molecular weight excluding hydrogens is 274 g/mol. The Bertz CT molecular complexity index is 537. The zero-order valence-electron chi connectivity index (χ0n) is 11.7. The maximum absolute atomic E-state index is 11.9. The first-order chi connectivity index (χ1) is 9.69. The van der Waals surface area contributed by atoms with Crippen molar-refractivity contribution in [2.45, 2.75) is 26.4 Å². The van der Waals surface area contributed by atoms with E-state index in [2.05, 4.69) is 20.9 Å². The summed E-state index contributed by atoms with van der Waals surface area (Å²) in [6, 6.07) is 4.27. The van der Waals surface area contributed by atoms with E-state index in [-0.39, 0.29) is 11.9 Å². The maximum Gasteiger partial charge on any atom is 0.273 e. The smallest absolute Gasteiger partial charge is 0.273 e. The number of hydrogen-bond donors (Lipinski definition) is 2. The average Bonchev–Trinajstić information content (AvgIpc) is 3.08. The lowest BCUT2D eigenvalue weighted by Crippen LogP contribution is -2.38. The first-order valence-corrected chi connectivity index (χ1v) is 7.51. The third kappa shape index (κ3) is 4.14. The number of thiophene rings is 1.